The molecule has 24 heavy (non-hydrogen) atoms. The molecule has 0 bridgehead atoms. The molecule has 1 N–H and O–H groups in total. The fourth-order valence-corrected chi connectivity index (χ4v) is 2.54. The average molecular weight is 324 g/mol. The van der Waals surface area contributed by atoms with Gasteiger partial charge in [0.25, 0.3) is 0 Å². The molecule has 0 unspecified atom stereocenters. The van der Waals surface area contributed by atoms with Gasteiger partial charge in [0.1, 0.15) is 5.65 Å². The maximum atomic E-state index is 12.3. The van der Waals surface area contributed by atoms with Gasteiger partial charge in [-0.1, -0.05) is 13.8 Å². The van der Waals surface area contributed by atoms with Crippen molar-refractivity contribution < 1.29 is 9.53 Å². The van der Waals surface area contributed by atoms with Crippen molar-refractivity contribution in [2.75, 3.05) is 7.11 Å². The van der Waals surface area contributed by atoms with Gasteiger partial charge in [-0.2, -0.15) is 5.10 Å². The van der Waals surface area contributed by atoms with Crippen LogP contribution in [0.3, 0.4) is 0 Å². The topological polar surface area (TPSA) is 72.8 Å². The quantitative estimate of drug-likeness (QED) is 0.578. The largest absolute Gasteiger partial charge is 0.465 e. The smallest absolute Gasteiger partial charge is 0.340 e. The summed E-state index contributed by atoms with van der Waals surface area (Å²) in [5.74, 6) is 0.0257. The highest BCUT2D eigenvalue weighted by atomic mass is 16.5. The number of hydrogen-bond donors (Lipinski definition) is 1. The predicted molar refractivity (Wildman–Crippen MR) is 93.0 cm³/mol. The van der Waals surface area contributed by atoms with E-state index in [1.54, 1.807) is 12.3 Å². The second-order valence-electron chi connectivity index (χ2n) is 5.99. The minimum absolute atomic E-state index is 0.402. The Morgan fingerprint density at radius 1 is 1.33 bits per heavy atom. The molecule has 6 heteroatoms. The van der Waals surface area contributed by atoms with Gasteiger partial charge in [0.05, 0.1) is 24.1 Å². The van der Waals surface area contributed by atoms with Crippen molar-refractivity contribution >= 4 is 28.7 Å². The number of methoxy groups -OCH3 is 1. The number of esters is 1. The van der Waals surface area contributed by atoms with Crippen LogP contribution in [0.1, 0.15) is 25.2 Å². The number of hydrogen-bond acceptors (Lipinski definition) is 4. The summed E-state index contributed by atoms with van der Waals surface area (Å²) in [7, 11) is 1.37. The summed E-state index contributed by atoms with van der Waals surface area (Å²) >= 11 is 0. The van der Waals surface area contributed by atoms with Crippen LogP contribution in [-0.2, 0) is 16.1 Å². The number of H-pyrrole nitrogens is 1. The number of pyridine rings is 1. The van der Waals surface area contributed by atoms with Gasteiger partial charge in [-0.15, -0.1) is 0 Å². The van der Waals surface area contributed by atoms with Crippen LogP contribution in [0.5, 0.6) is 0 Å². The Labute approximate surface area is 140 Å². The number of carbonyl (C=O) groups is 1. The Kier molecular flexibility index (Phi) is 4.46. The number of carbonyl (C=O) groups excluding carboxylic acids is 1. The summed E-state index contributed by atoms with van der Waals surface area (Å²) < 4.78 is 6.82. The molecule has 124 valence electrons. The molecule has 0 fully saturated rings. The van der Waals surface area contributed by atoms with Gasteiger partial charge < -0.3 is 9.72 Å². The molecule has 0 aromatic carbocycles. The maximum absolute atomic E-state index is 12.3. The first-order valence-electron chi connectivity index (χ1n) is 7.85. The van der Waals surface area contributed by atoms with E-state index in [0.717, 1.165) is 23.3 Å². The summed E-state index contributed by atoms with van der Waals surface area (Å²) in [6, 6.07) is 7.56. The maximum Gasteiger partial charge on any atom is 0.340 e. The molecule has 3 aromatic rings. The average Bonchev–Trinajstić information content (AvgIpc) is 3.19. The Morgan fingerprint density at radius 2 is 2.17 bits per heavy atom. The minimum Gasteiger partial charge on any atom is -0.465 e. The van der Waals surface area contributed by atoms with Crippen LogP contribution in [0.15, 0.2) is 36.7 Å². The summed E-state index contributed by atoms with van der Waals surface area (Å²) in [5.41, 5.74) is 2.55. The van der Waals surface area contributed by atoms with Crippen molar-refractivity contribution in [3.63, 3.8) is 0 Å². The SMILES string of the molecule is COC(=O)/C(=C\c1ccnn1CC(C)C)c1ccc2cc[nH]c2n1. The molecule has 3 heterocycles. The monoisotopic (exact) mass is 324 g/mol. The van der Waals surface area contributed by atoms with Gasteiger partial charge in [0, 0.05) is 24.3 Å². The Bertz CT molecular complexity index is 889. The molecule has 0 amide bonds. The number of nitrogens with one attached hydrogen (secondary N) is 1. The first-order valence-corrected chi connectivity index (χ1v) is 7.85. The number of nitrogens with zero attached hydrogens (tertiary/aromatic N) is 3. The minimum atomic E-state index is -0.425. The molecule has 0 spiro atoms. The van der Waals surface area contributed by atoms with Crippen LogP contribution in [-0.4, -0.2) is 32.8 Å². The van der Waals surface area contributed by atoms with E-state index in [1.165, 1.54) is 7.11 Å². The third-order valence-corrected chi connectivity index (χ3v) is 3.67. The van der Waals surface area contributed by atoms with Gasteiger partial charge in [-0.05, 0) is 36.3 Å². The van der Waals surface area contributed by atoms with E-state index in [0.29, 0.717) is 17.2 Å². The second kappa shape index (κ2) is 6.70. The van der Waals surface area contributed by atoms with Crippen molar-refractivity contribution in [2.24, 2.45) is 5.92 Å². The van der Waals surface area contributed by atoms with Crippen LogP contribution >= 0.6 is 0 Å². The van der Waals surface area contributed by atoms with E-state index in [4.69, 9.17) is 4.74 Å². The van der Waals surface area contributed by atoms with E-state index in [1.807, 2.05) is 35.1 Å². The zero-order chi connectivity index (χ0) is 17.1. The normalized spacial score (nSPS) is 12.1. The molecule has 3 aromatic heterocycles. The zero-order valence-corrected chi connectivity index (χ0v) is 14.0. The molecular formula is C18H20N4O2. The molecule has 3 rings (SSSR count). The summed E-state index contributed by atoms with van der Waals surface area (Å²) in [6.07, 6.45) is 5.32. The van der Waals surface area contributed by atoms with Gasteiger partial charge in [-0.3, -0.25) is 4.68 Å². The first-order chi connectivity index (χ1) is 11.6. The number of fused-ring (bicyclic) bond motifs is 1. The number of rotatable bonds is 5. The highest BCUT2D eigenvalue weighted by molar-refractivity contribution is 6.21. The predicted octanol–water partition coefficient (Wildman–Crippen LogP) is 3.13. The molecule has 0 saturated heterocycles. The molecule has 0 aliphatic heterocycles. The number of aromatic nitrogens is 4. The first kappa shape index (κ1) is 16.0. The van der Waals surface area contributed by atoms with Crippen molar-refractivity contribution in [1.29, 1.82) is 0 Å². The molecule has 0 saturated carbocycles. The molecular weight excluding hydrogens is 304 g/mol. The van der Waals surface area contributed by atoms with Crippen LogP contribution in [0.2, 0.25) is 0 Å². The lowest BCUT2D eigenvalue weighted by atomic mass is 10.1. The number of ether oxygens (including phenoxy) is 1. The molecule has 0 aliphatic rings. The van der Waals surface area contributed by atoms with Crippen LogP contribution in [0.4, 0.5) is 0 Å². The van der Waals surface area contributed by atoms with E-state index >= 15 is 0 Å². The fourth-order valence-electron chi connectivity index (χ4n) is 2.54. The van der Waals surface area contributed by atoms with Crippen LogP contribution in [0, 0.1) is 5.92 Å². The lowest BCUT2D eigenvalue weighted by molar-refractivity contribution is -0.133. The van der Waals surface area contributed by atoms with E-state index in [9.17, 15) is 4.79 Å². The lowest BCUT2D eigenvalue weighted by Gasteiger charge is -2.09. The van der Waals surface area contributed by atoms with Gasteiger partial charge in [0.2, 0.25) is 0 Å². The highest BCUT2D eigenvalue weighted by Crippen LogP contribution is 2.21. The van der Waals surface area contributed by atoms with Crippen LogP contribution in [0.25, 0.3) is 22.7 Å². The van der Waals surface area contributed by atoms with Crippen molar-refractivity contribution in [3.8, 4) is 0 Å². The zero-order valence-electron chi connectivity index (χ0n) is 14.0. The van der Waals surface area contributed by atoms with E-state index in [2.05, 4.69) is 28.9 Å². The van der Waals surface area contributed by atoms with Crippen molar-refractivity contribution in [2.45, 2.75) is 20.4 Å². The molecule has 0 aliphatic carbocycles. The molecule has 0 radical (unpaired) electrons. The molecule has 6 nitrogen and oxygen atoms in total. The van der Waals surface area contributed by atoms with Crippen molar-refractivity contribution in [1.82, 2.24) is 19.7 Å². The third kappa shape index (κ3) is 3.22. The lowest BCUT2D eigenvalue weighted by Crippen LogP contribution is -2.10. The summed E-state index contributed by atoms with van der Waals surface area (Å²) in [5, 5.41) is 5.32. The van der Waals surface area contributed by atoms with E-state index in [-0.39, 0.29) is 0 Å². The summed E-state index contributed by atoms with van der Waals surface area (Å²) in [6.45, 7) is 5.02. The Hall–Kier alpha value is -2.89. The highest BCUT2D eigenvalue weighted by Gasteiger charge is 2.16. The standard InChI is InChI=1S/C18H20N4O2/c1-12(2)11-22-14(7-9-20-22)10-15(18(23)24-3)16-5-4-13-6-8-19-17(13)21-16/h4-10,12H,11H2,1-3H3,(H,19,21)/b15-10-. The molecule has 0 atom stereocenters. The van der Waals surface area contributed by atoms with E-state index < -0.39 is 5.97 Å². The third-order valence-electron chi connectivity index (χ3n) is 3.67. The Morgan fingerprint density at radius 3 is 2.92 bits per heavy atom. The van der Waals surface area contributed by atoms with Gasteiger partial charge in [-0.25, -0.2) is 9.78 Å². The van der Waals surface area contributed by atoms with Crippen molar-refractivity contribution in [3.05, 3.63) is 48.0 Å². The van der Waals surface area contributed by atoms with Gasteiger partial charge in [0.15, 0.2) is 0 Å². The number of aromatic amines is 1. The Balaban J connectivity index is 2.06. The summed E-state index contributed by atoms with van der Waals surface area (Å²) in [4.78, 5) is 19.9. The second-order valence-corrected chi connectivity index (χ2v) is 5.99. The van der Waals surface area contributed by atoms with Crippen LogP contribution < -0.4 is 0 Å². The van der Waals surface area contributed by atoms with Gasteiger partial charge >= 0.3 is 5.97 Å². The fraction of sp³-hybridized carbons (Fsp3) is 0.278.